The normalized spacial score (nSPS) is 13.4. The summed E-state index contributed by atoms with van der Waals surface area (Å²) in [6, 6.07) is 4.65. The maximum atomic E-state index is 12.3. The van der Waals surface area contributed by atoms with Crippen LogP contribution in [0.15, 0.2) is 24.5 Å². The number of methoxy groups -OCH3 is 1. The fourth-order valence-corrected chi connectivity index (χ4v) is 3.62. The Hall–Kier alpha value is -3.17. The number of likely N-dealkylation sites (N-methyl/N-ethyl adjacent to an activating group) is 1. The van der Waals surface area contributed by atoms with Crippen molar-refractivity contribution in [2.75, 3.05) is 64.1 Å². The number of amides is 3. The van der Waals surface area contributed by atoms with Gasteiger partial charge in [0, 0.05) is 31.2 Å². The second kappa shape index (κ2) is 13.7. The van der Waals surface area contributed by atoms with Crippen LogP contribution in [0.2, 0.25) is 5.02 Å². The fraction of sp³-hybridized carbons (Fsp3) is 0.409. The number of piperazine rings is 1. The lowest BCUT2D eigenvalue weighted by molar-refractivity contribution is -0.131. The van der Waals surface area contributed by atoms with E-state index in [0.717, 1.165) is 31.7 Å². The molecule has 0 atom stereocenters. The summed E-state index contributed by atoms with van der Waals surface area (Å²) in [6.45, 7) is 4.12. The number of aromatic nitrogens is 2. The molecule has 1 aromatic heterocycles. The van der Waals surface area contributed by atoms with Crippen LogP contribution in [0.4, 0.5) is 16.3 Å². The minimum Gasteiger partial charge on any atom is -0.495 e. The van der Waals surface area contributed by atoms with Crippen molar-refractivity contribution < 1.29 is 14.3 Å². The third kappa shape index (κ3) is 8.22. The number of urea groups is 1. The second-order valence-corrected chi connectivity index (χ2v) is 8.14. The number of carbonyl (C=O) groups excluding carboxylic acids is 2. The third-order valence-corrected chi connectivity index (χ3v) is 5.68. The van der Waals surface area contributed by atoms with Gasteiger partial charge in [-0.1, -0.05) is 11.6 Å². The molecule has 3 amide bonds. The summed E-state index contributed by atoms with van der Waals surface area (Å²) < 4.78 is 5.40. The smallest absolute Gasteiger partial charge is 0.325 e. The molecule has 1 aliphatic heterocycles. The van der Waals surface area contributed by atoms with Gasteiger partial charge in [0.2, 0.25) is 5.91 Å². The van der Waals surface area contributed by atoms with Crippen molar-refractivity contribution in [2.24, 2.45) is 0 Å². The molecule has 0 saturated carbocycles. The Kier molecular flexibility index (Phi) is 10.9. The number of hydrogen-bond donors (Lipinski definition) is 3. The van der Waals surface area contributed by atoms with Crippen molar-refractivity contribution in [1.82, 2.24) is 25.1 Å². The van der Waals surface area contributed by atoms with Crippen molar-refractivity contribution in [3.63, 3.8) is 0 Å². The molecule has 3 N–H and O–H groups in total. The largest absolute Gasteiger partial charge is 0.495 e. The molecule has 2 heterocycles. The second-order valence-electron chi connectivity index (χ2n) is 7.73. The Morgan fingerprint density at radius 1 is 1.17 bits per heavy atom. The summed E-state index contributed by atoms with van der Waals surface area (Å²) in [5.41, 5.74) is 1.35. The summed E-state index contributed by atoms with van der Waals surface area (Å²) in [5.74, 6) is 0.721. The molecule has 188 valence electrons. The van der Waals surface area contributed by atoms with Gasteiger partial charge in [0.1, 0.15) is 11.8 Å². The van der Waals surface area contributed by atoms with Crippen LogP contribution < -0.4 is 20.7 Å². The minimum atomic E-state index is -0.565. The minimum absolute atomic E-state index is 0. The monoisotopic (exact) mass is 522 g/mol. The summed E-state index contributed by atoms with van der Waals surface area (Å²) in [6.07, 6.45) is 3.13. The average Bonchev–Trinajstić information content (AvgIpc) is 2.83. The highest BCUT2D eigenvalue weighted by Gasteiger charge is 2.18. The number of ether oxygens (including phenoxy) is 1. The van der Waals surface area contributed by atoms with Crippen LogP contribution in [0, 0.1) is 11.3 Å². The lowest BCUT2D eigenvalue weighted by Gasteiger charge is -2.32. The molecule has 0 aliphatic carbocycles. The molecule has 1 saturated heterocycles. The molecule has 0 spiro atoms. The van der Waals surface area contributed by atoms with E-state index in [9.17, 15) is 9.59 Å². The Labute approximate surface area is 215 Å². The van der Waals surface area contributed by atoms with Gasteiger partial charge >= 0.3 is 6.03 Å². The van der Waals surface area contributed by atoms with Gasteiger partial charge in [-0.3, -0.25) is 10.1 Å². The van der Waals surface area contributed by atoms with Gasteiger partial charge in [-0.25, -0.2) is 14.8 Å². The average molecular weight is 523 g/mol. The van der Waals surface area contributed by atoms with Crippen molar-refractivity contribution >= 4 is 47.5 Å². The van der Waals surface area contributed by atoms with Crippen LogP contribution in [0.3, 0.4) is 0 Å². The van der Waals surface area contributed by atoms with Crippen LogP contribution >= 0.6 is 24.0 Å². The zero-order chi connectivity index (χ0) is 24.5. The topological polar surface area (TPSA) is 136 Å². The van der Waals surface area contributed by atoms with E-state index in [1.54, 1.807) is 12.1 Å². The van der Waals surface area contributed by atoms with Gasteiger partial charge in [-0.15, -0.1) is 12.4 Å². The van der Waals surface area contributed by atoms with Crippen LogP contribution in [-0.2, 0) is 11.2 Å². The van der Waals surface area contributed by atoms with E-state index in [4.69, 9.17) is 21.6 Å². The summed E-state index contributed by atoms with van der Waals surface area (Å²) >= 11 is 6.42. The van der Waals surface area contributed by atoms with E-state index in [-0.39, 0.29) is 36.4 Å². The van der Waals surface area contributed by atoms with Crippen LogP contribution in [0.5, 0.6) is 5.75 Å². The number of nitriles is 1. The Morgan fingerprint density at radius 3 is 2.54 bits per heavy atom. The van der Waals surface area contributed by atoms with E-state index in [2.05, 4.69) is 37.9 Å². The SMILES string of the molecule is COc1cc(CCNCC(=O)N2CCN(C)CC2)c(Cl)cc1NC(=O)Nc1cnc(C#N)cn1.Cl. The van der Waals surface area contributed by atoms with Crippen molar-refractivity contribution in [2.45, 2.75) is 6.42 Å². The lowest BCUT2D eigenvalue weighted by atomic mass is 10.1. The number of carbonyl (C=O) groups is 2. The zero-order valence-electron chi connectivity index (χ0n) is 19.5. The molecular weight excluding hydrogens is 495 g/mol. The predicted octanol–water partition coefficient (Wildman–Crippen LogP) is 1.98. The number of nitrogens with one attached hydrogen (secondary N) is 3. The fourth-order valence-electron chi connectivity index (χ4n) is 3.36. The molecule has 1 fully saturated rings. The summed E-state index contributed by atoms with van der Waals surface area (Å²) in [4.78, 5) is 36.5. The maximum absolute atomic E-state index is 12.3. The number of anilines is 2. The molecule has 0 radical (unpaired) electrons. The van der Waals surface area contributed by atoms with Gasteiger partial charge in [-0.2, -0.15) is 5.26 Å². The highest BCUT2D eigenvalue weighted by Crippen LogP contribution is 2.31. The van der Waals surface area contributed by atoms with E-state index >= 15 is 0 Å². The first-order valence-electron chi connectivity index (χ1n) is 10.7. The van der Waals surface area contributed by atoms with Crippen molar-refractivity contribution in [3.05, 3.63) is 40.8 Å². The highest BCUT2D eigenvalue weighted by molar-refractivity contribution is 6.31. The van der Waals surface area contributed by atoms with E-state index in [0.29, 0.717) is 29.4 Å². The molecule has 13 heteroatoms. The van der Waals surface area contributed by atoms with Crippen molar-refractivity contribution in [3.8, 4) is 11.8 Å². The molecule has 3 rings (SSSR count). The molecule has 2 aromatic rings. The first kappa shape index (κ1) is 28.1. The molecule has 0 bridgehead atoms. The maximum Gasteiger partial charge on any atom is 0.325 e. The quantitative estimate of drug-likeness (QED) is 0.447. The number of rotatable bonds is 8. The molecule has 1 aliphatic rings. The van der Waals surface area contributed by atoms with E-state index < -0.39 is 6.03 Å². The molecule has 0 unspecified atom stereocenters. The van der Waals surface area contributed by atoms with Crippen LogP contribution in [0.1, 0.15) is 11.3 Å². The van der Waals surface area contributed by atoms with Gasteiger partial charge < -0.3 is 25.2 Å². The van der Waals surface area contributed by atoms with Gasteiger partial charge in [0.05, 0.1) is 31.7 Å². The number of benzene rings is 1. The number of nitrogens with zero attached hydrogens (tertiary/aromatic N) is 5. The summed E-state index contributed by atoms with van der Waals surface area (Å²) in [5, 5.41) is 17.6. The van der Waals surface area contributed by atoms with Crippen molar-refractivity contribution in [1.29, 1.82) is 5.26 Å². The van der Waals surface area contributed by atoms with E-state index in [1.807, 2.05) is 11.0 Å². The van der Waals surface area contributed by atoms with Gasteiger partial charge in [0.25, 0.3) is 0 Å². The van der Waals surface area contributed by atoms with Crippen LogP contribution in [-0.4, -0.2) is 85.1 Å². The molecule has 35 heavy (non-hydrogen) atoms. The lowest BCUT2D eigenvalue weighted by Crippen LogP contribution is -2.49. The first-order chi connectivity index (χ1) is 16.4. The number of halogens is 2. The first-order valence-corrected chi connectivity index (χ1v) is 11.1. The standard InChI is InChI=1S/C22H27ClN8O3.ClH/c1-30-5-7-31(8-6-30)21(32)14-25-4-3-15-9-19(34-2)18(10-17(15)23)28-22(33)29-20-13-26-16(11-24)12-27-20;/h9-10,12-13,25H,3-8,14H2,1-2H3,(H2,27,28,29,33);1H. The Balaban J connectivity index is 0.00000432. The van der Waals surface area contributed by atoms with Gasteiger partial charge in [-0.05, 0) is 37.7 Å². The Bertz CT molecular complexity index is 1050. The molecular formula is C22H28Cl2N8O3. The predicted molar refractivity (Wildman–Crippen MR) is 135 cm³/mol. The highest BCUT2D eigenvalue weighted by atomic mass is 35.5. The van der Waals surface area contributed by atoms with E-state index in [1.165, 1.54) is 19.5 Å². The van der Waals surface area contributed by atoms with Crippen LogP contribution in [0.25, 0.3) is 0 Å². The third-order valence-electron chi connectivity index (χ3n) is 5.33. The number of hydrogen-bond acceptors (Lipinski definition) is 8. The summed E-state index contributed by atoms with van der Waals surface area (Å²) in [7, 11) is 3.55. The Morgan fingerprint density at radius 2 is 1.91 bits per heavy atom. The molecule has 11 nitrogen and oxygen atoms in total. The van der Waals surface area contributed by atoms with Gasteiger partial charge in [0.15, 0.2) is 11.5 Å². The zero-order valence-corrected chi connectivity index (χ0v) is 21.1. The molecule has 1 aromatic carbocycles.